The molecule has 0 atom stereocenters. The Hall–Kier alpha value is -3.66. The number of nitriles is 1. The van der Waals surface area contributed by atoms with Gasteiger partial charge in [-0.05, 0) is 35.9 Å². The second kappa shape index (κ2) is 8.15. The average molecular weight is 366 g/mol. The molecule has 2 aromatic carbocycles. The summed E-state index contributed by atoms with van der Waals surface area (Å²) in [7, 11) is 3.06. The Labute approximate surface area is 156 Å². The van der Waals surface area contributed by atoms with E-state index < -0.39 is 5.91 Å². The van der Waals surface area contributed by atoms with E-state index in [0.29, 0.717) is 28.6 Å². The van der Waals surface area contributed by atoms with Crippen molar-refractivity contribution in [2.75, 3.05) is 21.0 Å². The molecule has 0 saturated carbocycles. The summed E-state index contributed by atoms with van der Waals surface area (Å²) in [6, 6.07) is 12.5. The van der Waals surface area contributed by atoms with Gasteiger partial charge < -0.3 is 24.3 Å². The van der Waals surface area contributed by atoms with E-state index in [1.165, 1.54) is 13.2 Å². The normalized spacial score (nSPS) is 12.3. The zero-order chi connectivity index (χ0) is 19.2. The summed E-state index contributed by atoms with van der Waals surface area (Å²) in [5, 5.41) is 12.1. The number of nitrogens with one attached hydrogen (secondary N) is 1. The quantitative estimate of drug-likeness (QED) is 0.624. The molecular formula is C20H18N2O5. The average Bonchev–Trinajstić information content (AvgIpc) is 3.18. The lowest BCUT2D eigenvalue weighted by Gasteiger charge is -2.09. The predicted octanol–water partition coefficient (Wildman–Crippen LogP) is 2.66. The molecule has 3 rings (SSSR count). The minimum absolute atomic E-state index is 0.0285. The van der Waals surface area contributed by atoms with Gasteiger partial charge in [-0.15, -0.1) is 0 Å². The number of nitrogens with zero attached hydrogens (tertiary/aromatic N) is 1. The van der Waals surface area contributed by atoms with Crippen molar-refractivity contribution < 1.29 is 23.7 Å². The zero-order valence-electron chi connectivity index (χ0n) is 14.9. The van der Waals surface area contributed by atoms with Crippen molar-refractivity contribution in [1.29, 1.82) is 5.26 Å². The van der Waals surface area contributed by atoms with Gasteiger partial charge in [0.2, 0.25) is 6.79 Å². The standard InChI is InChI=1S/C20H18N2O5/c1-24-16-5-4-14(18(9-16)25-2)8-15(10-21)20(23)22-11-13-3-6-17-19(7-13)27-12-26-17/h3-9H,11-12H2,1-2H3,(H,22,23)/b15-8+. The molecule has 1 amide bonds. The summed E-state index contributed by atoms with van der Waals surface area (Å²) in [6.07, 6.45) is 1.48. The van der Waals surface area contributed by atoms with Crippen LogP contribution in [0.15, 0.2) is 42.0 Å². The van der Waals surface area contributed by atoms with Gasteiger partial charge >= 0.3 is 0 Å². The highest BCUT2D eigenvalue weighted by Crippen LogP contribution is 2.32. The van der Waals surface area contributed by atoms with Gasteiger partial charge in [0.15, 0.2) is 11.5 Å². The van der Waals surface area contributed by atoms with Gasteiger partial charge in [-0.3, -0.25) is 4.79 Å². The minimum atomic E-state index is -0.479. The maximum atomic E-state index is 12.4. The Morgan fingerprint density at radius 3 is 2.74 bits per heavy atom. The van der Waals surface area contributed by atoms with Crippen molar-refractivity contribution in [2.24, 2.45) is 0 Å². The van der Waals surface area contributed by atoms with Crippen molar-refractivity contribution in [3.8, 4) is 29.1 Å². The van der Waals surface area contributed by atoms with E-state index >= 15 is 0 Å². The molecule has 1 heterocycles. The van der Waals surface area contributed by atoms with E-state index in [4.69, 9.17) is 18.9 Å². The second-order valence-electron chi connectivity index (χ2n) is 5.65. The molecule has 0 saturated heterocycles. The van der Waals surface area contributed by atoms with E-state index in [1.807, 2.05) is 12.1 Å². The lowest BCUT2D eigenvalue weighted by atomic mass is 10.1. The number of methoxy groups -OCH3 is 2. The maximum Gasteiger partial charge on any atom is 0.262 e. The van der Waals surface area contributed by atoms with Gasteiger partial charge in [0.25, 0.3) is 5.91 Å². The Kier molecular flexibility index (Phi) is 5.47. The third kappa shape index (κ3) is 4.12. The van der Waals surface area contributed by atoms with Crippen molar-refractivity contribution in [2.45, 2.75) is 6.54 Å². The van der Waals surface area contributed by atoms with Crippen LogP contribution in [0, 0.1) is 11.3 Å². The number of hydrogen-bond acceptors (Lipinski definition) is 6. The molecule has 27 heavy (non-hydrogen) atoms. The monoisotopic (exact) mass is 366 g/mol. The topological polar surface area (TPSA) is 89.8 Å². The fourth-order valence-electron chi connectivity index (χ4n) is 2.57. The molecule has 0 aromatic heterocycles. The van der Waals surface area contributed by atoms with Gasteiger partial charge in [0.05, 0.1) is 14.2 Å². The third-order valence-electron chi connectivity index (χ3n) is 4.00. The van der Waals surface area contributed by atoms with Crippen LogP contribution in [0.4, 0.5) is 0 Å². The molecule has 1 aliphatic rings. The molecule has 0 aliphatic carbocycles. The first-order valence-corrected chi connectivity index (χ1v) is 8.15. The number of hydrogen-bond donors (Lipinski definition) is 1. The first-order valence-electron chi connectivity index (χ1n) is 8.15. The van der Waals surface area contributed by atoms with Crippen LogP contribution >= 0.6 is 0 Å². The van der Waals surface area contributed by atoms with Crippen LogP contribution in [0.3, 0.4) is 0 Å². The largest absolute Gasteiger partial charge is 0.497 e. The zero-order valence-corrected chi connectivity index (χ0v) is 14.9. The summed E-state index contributed by atoms with van der Waals surface area (Å²) in [4.78, 5) is 12.4. The smallest absolute Gasteiger partial charge is 0.262 e. The SMILES string of the molecule is COc1ccc(/C=C(\C#N)C(=O)NCc2ccc3c(c2)OCO3)c(OC)c1. The molecule has 138 valence electrons. The predicted molar refractivity (Wildman–Crippen MR) is 97.5 cm³/mol. The molecule has 0 fully saturated rings. The Morgan fingerprint density at radius 2 is 2.00 bits per heavy atom. The molecule has 1 aliphatic heterocycles. The fourth-order valence-corrected chi connectivity index (χ4v) is 2.57. The number of carbonyl (C=O) groups excluding carboxylic acids is 1. The lowest BCUT2D eigenvalue weighted by Crippen LogP contribution is -2.23. The van der Waals surface area contributed by atoms with E-state index in [9.17, 15) is 10.1 Å². The van der Waals surface area contributed by atoms with Crippen LogP contribution in [0.1, 0.15) is 11.1 Å². The fraction of sp³-hybridized carbons (Fsp3) is 0.200. The summed E-state index contributed by atoms with van der Waals surface area (Å²) in [5.41, 5.74) is 1.42. The van der Waals surface area contributed by atoms with Crippen LogP contribution < -0.4 is 24.3 Å². The second-order valence-corrected chi connectivity index (χ2v) is 5.65. The first-order chi connectivity index (χ1) is 13.1. The molecule has 2 aromatic rings. The third-order valence-corrected chi connectivity index (χ3v) is 4.00. The van der Waals surface area contributed by atoms with Crippen LogP contribution in [-0.4, -0.2) is 26.9 Å². The van der Waals surface area contributed by atoms with Crippen LogP contribution in [-0.2, 0) is 11.3 Å². The number of rotatable bonds is 6. The summed E-state index contributed by atoms with van der Waals surface area (Å²) < 4.78 is 21.0. The van der Waals surface area contributed by atoms with Crippen LogP contribution in [0.5, 0.6) is 23.0 Å². The molecular weight excluding hydrogens is 348 g/mol. The van der Waals surface area contributed by atoms with E-state index in [0.717, 1.165) is 5.56 Å². The number of benzene rings is 2. The molecule has 0 spiro atoms. The first kappa shape index (κ1) is 18.1. The Bertz CT molecular complexity index is 930. The Balaban J connectivity index is 1.72. The Morgan fingerprint density at radius 1 is 1.19 bits per heavy atom. The van der Waals surface area contributed by atoms with E-state index in [1.54, 1.807) is 37.4 Å². The molecule has 7 nitrogen and oxygen atoms in total. The minimum Gasteiger partial charge on any atom is -0.497 e. The summed E-state index contributed by atoms with van der Waals surface area (Å²) in [5.74, 6) is 1.96. The van der Waals surface area contributed by atoms with Gasteiger partial charge in [-0.1, -0.05) is 6.07 Å². The highest BCUT2D eigenvalue weighted by molar-refractivity contribution is 6.02. The highest BCUT2D eigenvalue weighted by atomic mass is 16.7. The van der Waals surface area contributed by atoms with Crippen LogP contribution in [0.25, 0.3) is 6.08 Å². The van der Waals surface area contributed by atoms with Crippen molar-refractivity contribution >= 4 is 12.0 Å². The molecule has 7 heteroatoms. The molecule has 0 bridgehead atoms. The lowest BCUT2D eigenvalue weighted by molar-refractivity contribution is -0.117. The van der Waals surface area contributed by atoms with Gasteiger partial charge in [-0.2, -0.15) is 5.26 Å². The van der Waals surface area contributed by atoms with E-state index in [-0.39, 0.29) is 18.9 Å². The summed E-state index contributed by atoms with van der Waals surface area (Å²) >= 11 is 0. The number of carbonyl (C=O) groups is 1. The number of ether oxygens (including phenoxy) is 4. The van der Waals surface area contributed by atoms with Gasteiger partial charge in [0, 0.05) is 18.2 Å². The number of amides is 1. The van der Waals surface area contributed by atoms with Crippen molar-refractivity contribution in [3.63, 3.8) is 0 Å². The van der Waals surface area contributed by atoms with Crippen molar-refractivity contribution in [1.82, 2.24) is 5.32 Å². The summed E-state index contributed by atoms with van der Waals surface area (Å²) in [6.45, 7) is 0.449. The molecule has 0 radical (unpaired) electrons. The molecule has 0 unspecified atom stereocenters. The molecule has 1 N–H and O–H groups in total. The maximum absolute atomic E-state index is 12.4. The number of fused-ring (bicyclic) bond motifs is 1. The van der Waals surface area contributed by atoms with Gasteiger partial charge in [-0.25, -0.2) is 0 Å². The van der Waals surface area contributed by atoms with Crippen molar-refractivity contribution in [3.05, 3.63) is 53.1 Å². The van der Waals surface area contributed by atoms with E-state index in [2.05, 4.69) is 5.32 Å². The van der Waals surface area contributed by atoms with Gasteiger partial charge in [0.1, 0.15) is 23.1 Å². The van der Waals surface area contributed by atoms with Crippen LogP contribution in [0.2, 0.25) is 0 Å². The highest BCUT2D eigenvalue weighted by Gasteiger charge is 2.15.